The van der Waals surface area contributed by atoms with Crippen molar-refractivity contribution in [1.82, 2.24) is 10.2 Å². The van der Waals surface area contributed by atoms with Gasteiger partial charge in [-0.3, -0.25) is 9.59 Å². The number of amides is 2. The predicted molar refractivity (Wildman–Crippen MR) is 80.1 cm³/mol. The summed E-state index contributed by atoms with van der Waals surface area (Å²) < 4.78 is 5.14. The number of hydrogen-bond donors (Lipinski definition) is 2. The second-order valence-electron chi connectivity index (χ2n) is 5.29. The number of rotatable bonds is 3. The fourth-order valence-corrected chi connectivity index (χ4v) is 2.61. The van der Waals surface area contributed by atoms with Gasteiger partial charge in [-0.15, -0.1) is 0 Å². The number of likely N-dealkylation sites (tertiary alicyclic amines) is 1. The second kappa shape index (κ2) is 6.47. The first kappa shape index (κ1) is 15.2. The molecule has 2 rings (SSSR count). The Hall–Kier alpha value is -2.24. The van der Waals surface area contributed by atoms with Gasteiger partial charge in [-0.1, -0.05) is 0 Å². The van der Waals surface area contributed by atoms with Crippen molar-refractivity contribution in [3.63, 3.8) is 0 Å². The number of carbonyl (C=O) groups is 2. The van der Waals surface area contributed by atoms with Gasteiger partial charge in [-0.05, 0) is 25.0 Å². The highest BCUT2D eigenvalue weighted by Crippen LogP contribution is 2.21. The van der Waals surface area contributed by atoms with Crippen molar-refractivity contribution in [2.24, 2.45) is 0 Å². The van der Waals surface area contributed by atoms with Crippen LogP contribution in [-0.4, -0.2) is 43.0 Å². The van der Waals surface area contributed by atoms with Crippen molar-refractivity contribution in [1.29, 1.82) is 0 Å². The maximum absolute atomic E-state index is 12.6. The predicted octanol–water partition coefficient (Wildman–Crippen LogP) is 1.02. The molecule has 1 fully saturated rings. The molecule has 6 nitrogen and oxygen atoms in total. The molecule has 0 saturated carbocycles. The van der Waals surface area contributed by atoms with Gasteiger partial charge in [0.1, 0.15) is 5.75 Å². The minimum Gasteiger partial charge on any atom is -0.497 e. The minimum absolute atomic E-state index is 0.0168. The van der Waals surface area contributed by atoms with Crippen LogP contribution in [0.15, 0.2) is 18.2 Å². The highest BCUT2D eigenvalue weighted by atomic mass is 16.5. The SMILES string of the molecule is COc1cc(N)cc(C(=O)N2CCCC(NC(C)=O)C2)c1. The first-order valence-corrected chi connectivity index (χ1v) is 7.00. The Bertz CT molecular complexity index is 545. The van der Waals surface area contributed by atoms with Crippen molar-refractivity contribution in [2.45, 2.75) is 25.8 Å². The molecule has 0 bridgehead atoms. The van der Waals surface area contributed by atoms with E-state index >= 15 is 0 Å². The molecule has 1 atom stereocenters. The zero-order valence-corrected chi connectivity index (χ0v) is 12.4. The van der Waals surface area contributed by atoms with Gasteiger partial charge in [0.15, 0.2) is 0 Å². The van der Waals surface area contributed by atoms with E-state index < -0.39 is 0 Å². The Labute approximate surface area is 124 Å². The van der Waals surface area contributed by atoms with Gasteiger partial charge in [0.25, 0.3) is 5.91 Å². The molecule has 1 aliphatic heterocycles. The molecule has 0 radical (unpaired) electrons. The van der Waals surface area contributed by atoms with Gasteiger partial charge in [0, 0.05) is 43.4 Å². The molecule has 0 spiro atoms. The van der Waals surface area contributed by atoms with Crippen LogP contribution in [0.1, 0.15) is 30.1 Å². The Morgan fingerprint density at radius 1 is 1.38 bits per heavy atom. The Morgan fingerprint density at radius 3 is 2.81 bits per heavy atom. The van der Waals surface area contributed by atoms with E-state index in [2.05, 4.69) is 5.32 Å². The lowest BCUT2D eigenvalue weighted by atomic mass is 10.0. The van der Waals surface area contributed by atoms with Crippen LogP contribution in [0.4, 0.5) is 5.69 Å². The van der Waals surface area contributed by atoms with Gasteiger partial charge in [0.05, 0.1) is 7.11 Å². The van der Waals surface area contributed by atoms with E-state index in [-0.39, 0.29) is 17.9 Å². The summed E-state index contributed by atoms with van der Waals surface area (Å²) in [7, 11) is 1.54. The molecule has 1 aromatic carbocycles. The molecule has 1 saturated heterocycles. The van der Waals surface area contributed by atoms with E-state index in [0.29, 0.717) is 30.1 Å². The van der Waals surface area contributed by atoms with E-state index in [9.17, 15) is 9.59 Å². The molecule has 6 heteroatoms. The highest BCUT2D eigenvalue weighted by molar-refractivity contribution is 5.95. The lowest BCUT2D eigenvalue weighted by molar-refractivity contribution is -0.120. The van der Waals surface area contributed by atoms with E-state index in [1.54, 1.807) is 23.1 Å². The van der Waals surface area contributed by atoms with Crippen molar-refractivity contribution >= 4 is 17.5 Å². The number of piperidine rings is 1. The molecule has 0 aliphatic carbocycles. The summed E-state index contributed by atoms with van der Waals surface area (Å²) in [5.74, 6) is 0.407. The molecular weight excluding hydrogens is 270 g/mol. The molecule has 1 aliphatic rings. The largest absolute Gasteiger partial charge is 0.497 e. The summed E-state index contributed by atoms with van der Waals surface area (Å²) in [4.78, 5) is 25.4. The summed E-state index contributed by atoms with van der Waals surface area (Å²) >= 11 is 0. The average Bonchev–Trinajstić information content (AvgIpc) is 2.45. The normalized spacial score (nSPS) is 18.2. The van der Waals surface area contributed by atoms with Gasteiger partial charge >= 0.3 is 0 Å². The van der Waals surface area contributed by atoms with Crippen molar-refractivity contribution in [2.75, 3.05) is 25.9 Å². The monoisotopic (exact) mass is 291 g/mol. The number of benzene rings is 1. The first-order chi connectivity index (χ1) is 9.99. The van der Waals surface area contributed by atoms with E-state index in [4.69, 9.17) is 10.5 Å². The Morgan fingerprint density at radius 2 is 2.14 bits per heavy atom. The summed E-state index contributed by atoms with van der Waals surface area (Å²) in [6, 6.07) is 5.02. The standard InChI is InChI=1S/C15H21N3O3/c1-10(19)17-13-4-3-5-18(9-13)15(20)11-6-12(16)8-14(7-11)21-2/h6-8,13H,3-5,9,16H2,1-2H3,(H,17,19). The van der Waals surface area contributed by atoms with Crippen molar-refractivity contribution in [3.8, 4) is 5.75 Å². The molecule has 2 amide bonds. The maximum atomic E-state index is 12.6. The van der Waals surface area contributed by atoms with Crippen LogP contribution in [-0.2, 0) is 4.79 Å². The van der Waals surface area contributed by atoms with E-state index in [1.165, 1.54) is 14.0 Å². The molecule has 1 unspecified atom stereocenters. The molecule has 1 heterocycles. The van der Waals surface area contributed by atoms with Crippen LogP contribution in [0.5, 0.6) is 5.75 Å². The third-order valence-corrected chi connectivity index (χ3v) is 3.53. The van der Waals surface area contributed by atoms with Crippen LogP contribution < -0.4 is 15.8 Å². The Kier molecular flexibility index (Phi) is 4.67. The fourth-order valence-electron chi connectivity index (χ4n) is 2.61. The summed E-state index contributed by atoms with van der Waals surface area (Å²) in [5.41, 5.74) is 6.79. The molecule has 21 heavy (non-hydrogen) atoms. The average molecular weight is 291 g/mol. The van der Waals surface area contributed by atoms with Crippen molar-refractivity contribution in [3.05, 3.63) is 23.8 Å². The smallest absolute Gasteiger partial charge is 0.254 e. The number of nitrogens with one attached hydrogen (secondary N) is 1. The van der Waals surface area contributed by atoms with E-state index in [1.807, 2.05) is 0 Å². The van der Waals surface area contributed by atoms with Crippen LogP contribution in [0.25, 0.3) is 0 Å². The first-order valence-electron chi connectivity index (χ1n) is 7.00. The summed E-state index contributed by atoms with van der Waals surface area (Å²) in [6.45, 7) is 2.70. The number of carbonyl (C=O) groups excluding carboxylic acids is 2. The van der Waals surface area contributed by atoms with E-state index in [0.717, 1.165) is 12.8 Å². The summed E-state index contributed by atoms with van der Waals surface area (Å²) in [6.07, 6.45) is 1.76. The number of nitrogens with zero attached hydrogens (tertiary/aromatic N) is 1. The van der Waals surface area contributed by atoms with Crippen LogP contribution in [0, 0.1) is 0 Å². The topological polar surface area (TPSA) is 84.7 Å². The zero-order chi connectivity index (χ0) is 15.4. The van der Waals surface area contributed by atoms with Crippen LogP contribution in [0.2, 0.25) is 0 Å². The third kappa shape index (κ3) is 3.87. The second-order valence-corrected chi connectivity index (χ2v) is 5.29. The highest BCUT2D eigenvalue weighted by Gasteiger charge is 2.25. The minimum atomic E-state index is -0.0874. The lowest BCUT2D eigenvalue weighted by Crippen LogP contribution is -2.49. The number of anilines is 1. The van der Waals surface area contributed by atoms with Gasteiger partial charge in [0.2, 0.25) is 5.91 Å². The molecule has 0 aromatic heterocycles. The zero-order valence-electron chi connectivity index (χ0n) is 12.4. The van der Waals surface area contributed by atoms with Crippen LogP contribution >= 0.6 is 0 Å². The number of nitrogens with two attached hydrogens (primary N) is 1. The fraction of sp³-hybridized carbons (Fsp3) is 0.467. The van der Waals surface area contributed by atoms with Crippen LogP contribution in [0.3, 0.4) is 0 Å². The molecular formula is C15H21N3O3. The lowest BCUT2D eigenvalue weighted by Gasteiger charge is -2.33. The third-order valence-electron chi connectivity index (χ3n) is 3.53. The van der Waals surface area contributed by atoms with Gasteiger partial charge in [-0.25, -0.2) is 0 Å². The van der Waals surface area contributed by atoms with Crippen molar-refractivity contribution < 1.29 is 14.3 Å². The Balaban J connectivity index is 2.12. The maximum Gasteiger partial charge on any atom is 0.254 e. The molecule has 114 valence electrons. The summed E-state index contributed by atoms with van der Waals surface area (Å²) in [5, 5.41) is 2.87. The number of ether oxygens (including phenoxy) is 1. The number of methoxy groups -OCH3 is 1. The molecule has 3 N–H and O–H groups in total. The quantitative estimate of drug-likeness (QED) is 0.814. The van der Waals surface area contributed by atoms with Gasteiger partial charge in [-0.2, -0.15) is 0 Å². The molecule has 1 aromatic rings. The van der Waals surface area contributed by atoms with Gasteiger partial charge < -0.3 is 20.7 Å². The number of nitrogen functional groups attached to an aromatic ring is 1. The number of hydrogen-bond acceptors (Lipinski definition) is 4.